The number of piperidine rings is 1. The summed E-state index contributed by atoms with van der Waals surface area (Å²) in [6.07, 6.45) is 7.71. The number of nitrogens with zero attached hydrogens (tertiary/aromatic N) is 7. The summed E-state index contributed by atoms with van der Waals surface area (Å²) in [6.45, 7) is 6.68. The summed E-state index contributed by atoms with van der Waals surface area (Å²) in [4.78, 5) is 27.4. The van der Waals surface area contributed by atoms with Crippen molar-refractivity contribution in [3.05, 3.63) is 48.3 Å². The number of morpholine rings is 1. The third-order valence-corrected chi connectivity index (χ3v) is 6.07. The van der Waals surface area contributed by atoms with Gasteiger partial charge in [0.1, 0.15) is 17.5 Å². The number of hydrogen-bond acceptors (Lipinski definition) is 9. The maximum absolute atomic E-state index is 5.99. The molecule has 166 valence electrons. The van der Waals surface area contributed by atoms with Crippen molar-refractivity contribution in [2.75, 3.05) is 54.9 Å². The topological polar surface area (TPSA) is 106 Å². The van der Waals surface area contributed by atoms with Crippen LogP contribution >= 0.6 is 0 Å². The van der Waals surface area contributed by atoms with Crippen LogP contribution in [0.15, 0.2) is 36.8 Å². The number of nitrogen functional groups attached to an aromatic ring is 1. The van der Waals surface area contributed by atoms with Gasteiger partial charge in [-0.05, 0) is 37.5 Å². The molecule has 2 saturated heterocycles. The highest BCUT2D eigenvalue weighted by atomic mass is 16.5. The van der Waals surface area contributed by atoms with Crippen LogP contribution in [0.3, 0.4) is 0 Å². The SMILES string of the molecule is Cc1nc(N)cc(N2CCCC(c3nc(N4CCOCC4)ncc3-c3ccncc3)C2)n1. The molecular weight excluding hydrogens is 404 g/mol. The lowest BCUT2D eigenvalue weighted by molar-refractivity contribution is 0.122. The molecule has 2 N–H and O–H groups in total. The van der Waals surface area contributed by atoms with E-state index in [1.54, 1.807) is 0 Å². The number of nitrogens with two attached hydrogens (primary N) is 1. The summed E-state index contributed by atoms with van der Waals surface area (Å²) in [6, 6.07) is 5.90. The third-order valence-electron chi connectivity index (χ3n) is 6.07. The molecule has 0 radical (unpaired) electrons. The van der Waals surface area contributed by atoms with E-state index < -0.39 is 0 Å². The maximum atomic E-state index is 5.99. The van der Waals surface area contributed by atoms with Crippen molar-refractivity contribution in [3.8, 4) is 11.1 Å². The summed E-state index contributed by atoms with van der Waals surface area (Å²) < 4.78 is 5.51. The first-order valence-electron chi connectivity index (χ1n) is 11.1. The minimum absolute atomic E-state index is 0.256. The summed E-state index contributed by atoms with van der Waals surface area (Å²) in [5.41, 5.74) is 9.22. The Morgan fingerprint density at radius 2 is 1.84 bits per heavy atom. The van der Waals surface area contributed by atoms with Gasteiger partial charge in [0, 0.05) is 62.3 Å². The quantitative estimate of drug-likeness (QED) is 0.665. The molecule has 0 bridgehead atoms. The summed E-state index contributed by atoms with van der Waals surface area (Å²) in [7, 11) is 0. The molecule has 0 aromatic carbocycles. The van der Waals surface area contributed by atoms with Gasteiger partial charge in [-0.25, -0.2) is 19.9 Å². The molecule has 1 atom stereocenters. The van der Waals surface area contributed by atoms with Crippen molar-refractivity contribution in [2.45, 2.75) is 25.7 Å². The van der Waals surface area contributed by atoms with Crippen LogP contribution < -0.4 is 15.5 Å². The minimum atomic E-state index is 0.256. The van der Waals surface area contributed by atoms with Gasteiger partial charge in [-0.1, -0.05) is 0 Å². The molecular formula is C23H28N8O. The lowest BCUT2D eigenvalue weighted by atomic mass is 9.90. The minimum Gasteiger partial charge on any atom is -0.384 e. The highest BCUT2D eigenvalue weighted by molar-refractivity contribution is 5.66. The molecule has 9 nitrogen and oxygen atoms in total. The molecule has 5 heterocycles. The van der Waals surface area contributed by atoms with E-state index in [0.29, 0.717) is 24.9 Å². The van der Waals surface area contributed by atoms with Crippen LogP contribution in [0.25, 0.3) is 11.1 Å². The first-order valence-corrected chi connectivity index (χ1v) is 11.1. The van der Waals surface area contributed by atoms with Crippen molar-refractivity contribution in [1.29, 1.82) is 0 Å². The van der Waals surface area contributed by atoms with Gasteiger partial charge in [0.15, 0.2) is 0 Å². The third kappa shape index (κ3) is 4.34. The van der Waals surface area contributed by atoms with Gasteiger partial charge >= 0.3 is 0 Å². The Balaban J connectivity index is 1.50. The van der Waals surface area contributed by atoms with Gasteiger partial charge in [-0.15, -0.1) is 0 Å². The van der Waals surface area contributed by atoms with E-state index in [4.69, 9.17) is 20.4 Å². The van der Waals surface area contributed by atoms with Gasteiger partial charge in [0.2, 0.25) is 5.95 Å². The van der Waals surface area contributed by atoms with E-state index in [1.807, 2.05) is 43.7 Å². The number of ether oxygens (including phenoxy) is 1. The first kappa shape index (κ1) is 20.6. The van der Waals surface area contributed by atoms with E-state index in [1.165, 1.54) is 0 Å². The summed E-state index contributed by atoms with van der Waals surface area (Å²) in [5.74, 6) is 3.11. The lowest BCUT2D eigenvalue weighted by Gasteiger charge is -2.35. The second-order valence-corrected chi connectivity index (χ2v) is 8.29. The number of aromatic nitrogens is 5. The van der Waals surface area contributed by atoms with Crippen LogP contribution in [0.4, 0.5) is 17.6 Å². The van der Waals surface area contributed by atoms with Gasteiger partial charge in [0.05, 0.1) is 18.9 Å². The molecule has 2 aliphatic heterocycles. The monoisotopic (exact) mass is 432 g/mol. The highest BCUT2D eigenvalue weighted by Crippen LogP contribution is 2.35. The molecule has 32 heavy (non-hydrogen) atoms. The fourth-order valence-corrected chi connectivity index (χ4v) is 4.51. The molecule has 5 rings (SSSR count). The number of pyridine rings is 1. The normalized spacial score (nSPS) is 19.2. The van der Waals surface area contributed by atoms with Crippen LogP contribution in [-0.4, -0.2) is 64.3 Å². The molecule has 2 aliphatic rings. The van der Waals surface area contributed by atoms with E-state index in [9.17, 15) is 0 Å². The van der Waals surface area contributed by atoms with Gasteiger partial charge in [0.25, 0.3) is 0 Å². The highest BCUT2D eigenvalue weighted by Gasteiger charge is 2.28. The fourth-order valence-electron chi connectivity index (χ4n) is 4.51. The van der Waals surface area contributed by atoms with Crippen LogP contribution in [-0.2, 0) is 4.74 Å². The predicted octanol–water partition coefficient (Wildman–Crippen LogP) is 2.44. The second kappa shape index (κ2) is 9.04. The second-order valence-electron chi connectivity index (χ2n) is 8.29. The fraction of sp³-hybridized carbons (Fsp3) is 0.435. The molecule has 0 spiro atoms. The smallest absolute Gasteiger partial charge is 0.225 e. The molecule has 9 heteroatoms. The largest absolute Gasteiger partial charge is 0.384 e. The van der Waals surface area contributed by atoms with Crippen LogP contribution in [0, 0.1) is 6.92 Å². The average Bonchev–Trinajstić information content (AvgIpc) is 2.84. The number of rotatable bonds is 4. The zero-order chi connectivity index (χ0) is 21.9. The zero-order valence-corrected chi connectivity index (χ0v) is 18.3. The van der Waals surface area contributed by atoms with Crippen LogP contribution in [0.5, 0.6) is 0 Å². The van der Waals surface area contributed by atoms with E-state index in [0.717, 1.165) is 67.6 Å². The number of hydrogen-bond donors (Lipinski definition) is 1. The van der Waals surface area contributed by atoms with Gasteiger partial charge in [-0.3, -0.25) is 4.98 Å². The van der Waals surface area contributed by atoms with Crippen molar-refractivity contribution < 1.29 is 4.74 Å². The molecule has 3 aromatic rings. The Morgan fingerprint density at radius 3 is 2.62 bits per heavy atom. The van der Waals surface area contributed by atoms with E-state index >= 15 is 0 Å². The van der Waals surface area contributed by atoms with Crippen molar-refractivity contribution in [2.24, 2.45) is 0 Å². The Labute approximate surface area is 187 Å². The molecule has 0 saturated carbocycles. The van der Waals surface area contributed by atoms with Gasteiger partial charge < -0.3 is 20.3 Å². The van der Waals surface area contributed by atoms with Crippen molar-refractivity contribution in [1.82, 2.24) is 24.9 Å². The van der Waals surface area contributed by atoms with Crippen LogP contribution in [0.1, 0.15) is 30.3 Å². The van der Waals surface area contributed by atoms with Crippen molar-refractivity contribution in [3.63, 3.8) is 0 Å². The van der Waals surface area contributed by atoms with Crippen LogP contribution in [0.2, 0.25) is 0 Å². The Bertz CT molecular complexity index is 1050. The molecule has 0 amide bonds. The summed E-state index contributed by atoms with van der Waals surface area (Å²) >= 11 is 0. The Kier molecular flexibility index (Phi) is 5.81. The van der Waals surface area contributed by atoms with Gasteiger partial charge in [-0.2, -0.15) is 0 Å². The molecule has 2 fully saturated rings. The van der Waals surface area contributed by atoms with Crippen molar-refractivity contribution >= 4 is 17.6 Å². The predicted molar refractivity (Wildman–Crippen MR) is 124 cm³/mol. The standard InChI is InChI=1S/C23H28N8O/c1-16-27-20(24)13-21(28-16)31-8-2-3-18(15-31)22-19(17-4-6-25-7-5-17)14-26-23(29-22)30-9-11-32-12-10-30/h4-7,13-14,18H,2-3,8-12,15H2,1H3,(H2,24,27,28). The lowest BCUT2D eigenvalue weighted by Crippen LogP contribution is -2.38. The Morgan fingerprint density at radius 1 is 1.03 bits per heavy atom. The maximum Gasteiger partial charge on any atom is 0.225 e. The van der Waals surface area contributed by atoms with E-state index in [-0.39, 0.29) is 5.92 Å². The molecule has 3 aromatic heterocycles. The molecule has 1 unspecified atom stereocenters. The summed E-state index contributed by atoms with van der Waals surface area (Å²) in [5, 5.41) is 0. The molecule has 0 aliphatic carbocycles. The zero-order valence-electron chi connectivity index (χ0n) is 18.3. The number of aryl methyl sites for hydroxylation is 1. The van der Waals surface area contributed by atoms with E-state index in [2.05, 4.69) is 24.8 Å². The Hall–Kier alpha value is -3.33. The number of anilines is 3. The average molecular weight is 433 g/mol. The first-order chi connectivity index (χ1) is 15.7.